The van der Waals surface area contributed by atoms with E-state index in [1.807, 2.05) is 17.5 Å². The van der Waals surface area contributed by atoms with Crippen molar-refractivity contribution in [2.75, 3.05) is 13.6 Å². The average Bonchev–Trinajstić information content (AvgIpc) is 2.65. The van der Waals surface area contributed by atoms with Crippen LogP contribution in [0.2, 0.25) is 0 Å². The van der Waals surface area contributed by atoms with E-state index in [4.69, 9.17) is 5.11 Å². The van der Waals surface area contributed by atoms with Gasteiger partial charge in [0.25, 0.3) is 0 Å². The van der Waals surface area contributed by atoms with E-state index < -0.39 is 5.97 Å². The summed E-state index contributed by atoms with van der Waals surface area (Å²) in [6, 6.07) is 3.77. The largest absolute Gasteiger partial charge is 0.480 e. The van der Waals surface area contributed by atoms with Gasteiger partial charge in [0.1, 0.15) is 6.54 Å². The van der Waals surface area contributed by atoms with Crippen LogP contribution in [0, 0.1) is 0 Å². The summed E-state index contributed by atoms with van der Waals surface area (Å²) in [5.41, 5.74) is 0. The molecule has 0 saturated heterocycles. The lowest BCUT2D eigenvalue weighted by atomic mass is 10.4. The molecule has 80 valence electrons. The number of carbonyl (C=O) groups is 2. The van der Waals surface area contributed by atoms with Gasteiger partial charge in [-0.25, -0.2) is 0 Å². The third-order valence-corrected chi connectivity index (χ3v) is 2.52. The van der Waals surface area contributed by atoms with Crippen LogP contribution in [-0.2, 0) is 9.59 Å². The highest BCUT2D eigenvalue weighted by Gasteiger charge is 2.08. The summed E-state index contributed by atoms with van der Waals surface area (Å²) in [5.74, 6) is -1.33. The van der Waals surface area contributed by atoms with Crippen LogP contribution in [0.25, 0.3) is 6.08 Å². The second-order valence-electron chi connectivity index (χ2n) is 2.94. The molecule has 0 fully saturated rings. The van der Waals surface area contributed by atoms with Gasteiger partial charge < -0.3 is 10.0 Å². The Morgan fingerprint density at radius 3 is 2.87 bits per heavy atom. The van der Waals surface area contributed by atoms with Gasteiger partial charge >= 0.3 is 5.97 Å². The number of hydrogen-bond donors (Lipinski definition) is 1. The first-order valence-corrected chi connectivity index (χ1v) is 5.16. The fourth-order valence-electron chi connectivity index (χ4n) is 0.948. The third kappa shape index (κ3) is 3.95. The van der Waals surface area contributed by atoms with Crippen molar-refractivity contribution in [3.8, 4) is 0 Å². The van der Waals surface area contributed by atoms with Gasteiger partial charge in [-0.1, -0.05) is 6.07 Å². The quantitative estimate of drug-likeness (QED) is 0.786. The molecule has 0 aliphatic rings. The van der Waals surface area contributed by atoms with Gasteiger partial charge in [0.2, 0.25) is 5.91 Å². The van der Waals surface area contributed by atoms with Crippen molar-refractivity contribution in [3.63, 3.8) is 0 Å². The van der Waals surface area contributed by atoms with Gasteiger partial charge in [0, 0.05) is 18.0 Å². The van der Waals surface area contributed by atoms with E-state index in [-0.39, 0.29) is 12.5 Å². The van der Waals surface area contributed by atoms with Crippen LogP contribution in [0.3, 0.4) is 0 Å². The smallest absolute Gasteiger partial charge is 0.323 e. The van der Waals surface area contributed by atoms with Crippen LogP contribution < -0.4 is 0 Å². The second-order valence-corrected chi connectivity index (χ2v) is 3.92. The first-order valence-electron chi connectivity index (χ1n) is 4.28. The summed E-state index contributed by atoms with van der Waals surface area (Å²) in [4.78, 5) is 23.8. The molecular weight excluding hydrogens is 214 g/mol. The number of carboxylic acids is 1. The lowest BCUT2D eigenvalue weighted by Crippen LogP contribution is -2.30. The predicted molar refractivity (Wildman–Crippen MR) is 58.6 cm³/mol. The molecule has 0 radical (unpaired) electrons. The molecule has 0 aliphatic carbocycles. The van der Waals surface area contributed by atoms with Gasteiger partial charge in [-0.2, -0.15) is 0 Å². The number of carboxylic acid groups (broad SMARTS) is 1. The number of carbonyl (C=O) groups excluding carboxylic acids is 1. The Morgan fingerprint density at radius 2 is 2.33 bits per heavy atom. The van der Waals surface area contributed by atoms with Crippen molar-refractivity contribution in [1.29, 1.82) is 0 Å². The molecule has 0 aromatic carbocycles. The van der Waals surface area contributed by atoms with Crippen LogP contribution in [0.4, 0.5) is 0 Å². The molecular formula is C10H11NO3S. The summed E-state index contributed by atoms with van der Waals surface area (Å²) in [6.45, 7) is -0.284. The Labute approximate surface area is 91.4 Å². The average molecular weight is 225 g/mol. The molecule has 1 heterocycles. The molecule has 1 amide bonds. The third-order valence-electron chi connectivity index (χ3n) is 1.68. The Morgan fingerprint density at radius 1 is 1.60 bits per heavy atom. The van der Waals surface area contributed by atoms with Crippen LogP contribution >= 0.6 is 11.3 Å². The fourth-order valence-corrected chi connectivity index (χ4v) is 1.57. The molecule has 1 rings (SSSR count). The molecule has 0 atom stereocenters. The SMILES string of the molecule is CN(CC(=O)O)C(=O)/C=C/c1cccs1. The lowest BCUT2D eigenvalue weighted by Gasteiger charge is -2.10. The van der Waals surface area contributed by atoms with Gasteiger partial charge in [0.15, 0.2) is 0 Å². The Balaban J connectivity index is 2.51. The standard InChI is InChI=1S/C10H11NO3S/c1-11(7-10(13)14)9(12)5-4-8-3-2-6-15-8/h2-6H,7H2,1H3,(H,13,14)/b5-4+. The number of aliphatic carboxylic acids is 1. The summed E-state index contributed by atoms with van der Waals surface area (Å²) in [5, 5.41) is 10.4. The molecule has 1 aromatic heterocycles. The first kappa shape index (κ1) is 11.5. The summed E-state index contributed by atoms with van der Waals surface area (Å²) in [7, 11) is 1.45. The molecule has 1 aromatic rings. The molecule has 0 saturated carbocycles. The molecule has 4 nitrogen and oxygen atoms in total. The van der Waals surface area contributed by atoms with E-state index in [0.29, 0.717) is 0 Å². The maximum absolute atomic E-state index is 11.4. The van der Waals surface area contributed by atoms with Crippen molar-refractivity contribution in [2.24, 2.45) is 0 Å². The number of likely N-dealkylation sites (N-methyl/N-ethyl adjacent to an activating group) is 1. The Hall–Kier alpha value is -1.62. The van der Waals surface area contributed by atoms with Crippen LogP contribution in [0.5, 0.6) is 0 Å². The van der Waals surface area contributed by atoms with Crippen molar-refractivity contribution >= 4 is 29.3 Å². The zero-order valence-electron chi connectivity index (χ0n) is 8.21. The minimum absolute atomic E-state index is 0.284. The monoisotopic (exact) mass is 225 g/mol. The topological polar surface area (TPSA) is 57.6 Å². The highest BCUT2D eigenvalue weighted by molar-refractivity contribution is 7.10. The zero-order valence-corrected chi connectivity index (χ0v) is 9.03. The molecule has 0 spiro atoms. The number of hydrogen-bond acceptors (Lipinski definition) is 3. The van der Waals surface area contributed by atoms with Gasteiger partial charge in [-0.05, 0) is 17.5 Å². The van der Waals surface area contributed by atoms with E-state index in [1.165, 1.54) is 24.5 Å². The lowest BCUT2D eigenvalue weighted by molar-refractivity contribution is -0.141. The Kier molecular flexibility index (Phi) is 4.05. The summed E-state index contributed by atoms with van der Waals surface area (Å²) >= 11 is 1.52. The van der Waals surface area contributed by atoms with E-state index in [0.717, 1.165) is 9.78 Å². The van der Waals surface area contributed by atoms with E-state index >= 15 is 0 Å². The summed E-state index contributed by atoms with van der Waals surface area (Å²) < 4.78 is 0. The highest BCUT2D eigenvalue weighted by Crippen LogP contribution is 2.10. The van der Waals surface area contributed by atoms with Crippen LogP contribution in [0.1, 0.15) is 4.88 Å². The van der Waals surface area contributed by atoms with Crippen molar-refractivity contribution < 1.29 is 14.7 Å². The predicted octanol–water partition coefficient (Wildman–Crippen LogP) is 1.30. The molecule has 0 aliphatic heterocycles. The molecule has 0 unspecified atom stereocenters. The highest BCUT2D eigenvalue weighted by atomic mass is 32.1. The van der Waals surface area contributed by atoms with Crippen molar-refractivity contribution in [1.82, 2.24) is 4.90 Å². The molecule has 15 heavy (non-hydrogen) atoms. The fraction of sp³-hybridized carbons (Fsp3) is 0.200. The van der Waals surface area contributed by atoms with Crippen molar-refractivity contribution in [3.05, 3.63) is 28.5 Å². The van der Waals surface area contributed by atoms with E-state index in [1.54, 1.807) is 6.08 Å². The number of rotatable bonds is 4. The minimum atomic E-state index is -1.02. The van der Waals surface area contributed by atoms with Gasteiger partial charge in [0.05, 0.1) is 0 Å². The molecule has 5 heteroatoms. The van der Waals surface area contributed by atoms with E-state index in [2.05, 4.69) is 0 Å². The normalized spacial score (nSPS) is 10.5. The number of thiophene rings is 1. The van der Waals surface area contributed by atoms with Crippen LogP contribution in [-0.4, -0.2) is 35.5 Å². The summed E-state index contributed by atoms with van der Waals surface area (Å²) in [6.07, 6.45) is 3.04. The first-order chi connectivity index (χ1) is 7.09. The maximum atomic E-state index is 11.4. The second kappa shape index (κ2) is 5.31. The maximum Gasteiger partial charge on any atom is 0.323 e. The molecule has 1 N–H and O–H groups in total. The minimum Gasteiger partial charge on any atom is -0.480 e. The number of amides is 1. The molecule has 0 bridgehead atoms. The van der Waals surface area contributed by atoms with E-state index in [9.17, 15) is 9.59 Å². The van der Waals surface area contributed by atoms with Gasteiger partial charge in [-0.15, -0.1) is 11.3 Å². The zero-order chi connectivity index (χ0) is 11.3. The van der Waals surface area contributed by atoms with Crippen molar-refractivity contribution in [2.45, 2.75) is 0 Å². The Bertz CT molecular complexity index is 370. The number of nitrogens with zero attached hydrogens (tertiary/aromatic N) is 1. The van der Waals surface area contributed by atoms with Crippen LogP contribution in [0.15, 0.2) is 23.6 Å². The van der Waals surface area contributed by atoms with Gasteiger partial charge in [-0.3, -0.25) is 9.59 Å².